The van der Waals surface area contributed by atoms with Gasteiger partial charge in [0.05, 0.1) is 32.3 Å². The van der Waals surface area contributed by atoms with Crippen molar-refractivity contribution in [2.24, 2.45) is 0 Å². The van der Waals surface area contributed by atoms with Gasteiger partial charge in [-0.15, -0.1) is 0 Å². The second-order valence-corrected chi connectivity index (χ2v) is 5.21. The summed E-state index contributed by atoms with van der Waals surface area (Å²) in [6, 6.07) is 7.19. The average Bonchev–Trinajstić information content (AvgIpc) is 2.54. The summed E-state index contributed by atoms with van der Waals surface area (Å²) in [5.41, 5.74) is 7.38. The van der Waals surface area contributed by atoms with E-state index in [9.17, 15) is 4.79 Å². The third-order valence-electron chi connectivity index (χ3n) is 3.68. The van der Waals surface area contributed by atoms with Gasteiger partial charge in [0.15, 0.2) is 0 Å². The number of rotatable bonds is 6. The van der Waals surface area contributed by atoms with Crippen LogP contribution in [0.25, 0.3) is 0 Å². The first kappa shape index (κ1) is 15.4. The van der Waals surface area contributed by atoms with Crippen LogP contribution in [0.3, 0.4) is 0 Å². The lowest BCUT2D eigenvalue weighted by Crippen LogP contribution is -3.12. The molecule has 1 aliphatic rings. The number of hydrazine groups is 1. The Morgan fingerprint density at radius 1 is 1.38 bits per heavy atom. The maximum Gasteiger partial charge on any atom is 0.273 e. The van der Waals surface area contributed by atoms with E-state index in [1.807, 2.05) is 12.1 Å². The van der Waals surface area contributed by atoms with Gasteiger partial charge in [0.1, 0.15) is 5.75 Å². The van der Waals surface area contributed by atoms with Crippen molar-refractivity contribution < 1.29 is 14.4 Å². The second-order valence-electron chi connectivity index (χ2n) is 5.21. The van der Waals surface area contributed by atoms with E-state index < -0.39 is 0 Å². The van der Waals surface area contributed by atoms with Gasteiger partial charge in [0.2, 0.25) is 0 Å². The van der Waals surface area contributed by atoms with Gasteiger partial charge in [0, 0.05) is 12.1 Å². The highest BCUT2D eigenvalue weighted by molar-refractivity contribution is 5.96. The molecule has 0 bridgehead atoms. The number of nitrogens with one attached hydrogen (secondary N) is 3. The lowest BCUT2D eigenvalue weighted by molar-refractivity contribution is -0.895. The first-order chi connectivity index (χ1) is 10.2. The number of para-hydroxylation sites is 1. The maximum atomic E-state index is 12.1. The van der Waals surface area contributed by atoms with Crippen LogP contribution < -0.4 is 20.5 Å². The van der Waals surface area contributed by atoms with E-state index in [0.717, 1.165) is 25.2 Å². The molecule has 0 saturated carbocycles. The summed E-state index contributed by atoms with van der Waals surface area (Å²) in [5, 5.41) is 0. The van der Waals surface area contributed by atoms with Crippen molar-refractivity contribution in [3.05, 3.63) is 41.6 Å². The lowest BCUT2D eigenvalue weighted by atomic mass is 10.2. The summed E-state index contributed by atoms with van der Waals surface area (Å²) >= 11 is 0. The van der Waals surface area contributed by atoms with E-state index in [4.69, 9.17) is 4.74 Å². The van der Waals surface area contributed by atoms with Crippen molar-refractivity contribution in [1.82, 2.24) is 10.9 Å². The van der Waals surface area contributed by atoms with Gasteiger partial charge in [-0.05, 0) is 24.6 Å². The molecule has 1 amide bonds. The molecule has 5 nitrogen and oxygen atoms in total. The van der Waals surface area contributed by atoms with Crippen molar-refractivity contribution in [2.75, 3.05) is 26.7 Å². The normalized spacial score (nSPS) is 17.8. The Hall–Kier alpha value is -2.01. The molecule has 0 spiro atoms. The van der Waals surface area contributed by atoms with E-state index in [-0.39, 0.29) is 5.91 Å². The van der Waals surface area contributed by atoms with Gasteiger partial charge in [-0.3, -0.25) is 10.2 Å². The van der Waals surface area contributed by atoms with Gasteiger partial charge in [-0.25, -0.2) is 0 Å². The van der Waals surface area contributed by atoms with E-state index in [0.29, 0.717) is 11.3 Å². The van der Waals surface area contributed by atoms with Crippen molar-refractivity contribution in [3.63, 3.8) is 0 Å². The molecule has 0 aliphatic carbocycles. The number of benzene rings is 1. The van der Waals surface area contributed by atoms with Crippen molar-refractivity contribution >= 4 is 5.91 Å². The topological polar surface area (TPSA) is 54.8 Å². The summed E-state index contributed by atoms with van der Waals surface area (Å²) in [6.45, 7) is 5.53. The number of quaternary nitrogens is 1. The first-order valence-corrected chi connectivity index (χ1v) is 7.46. The standard InChI is InChI=1S/C16H23N3O2/c1-3-10-19-11-8-13(9-12-19)17-18-16(20)14-6-4-5-7-15(14)21-2/h4-8,17H,3,9-12H2,1-2H3,(H,18,20)/p+1. The average molecular weight is 290 g/mol. The number of carbonyl (C=O) groups excluding carboxylic acids is 1. The summed E-state index contributed by atoms with van der Waals surface area (Å²) in [7, 11) is 1.56. The molecular weight excluding hydrogens is 266 g/mol. The Balaban J connectivity index is 1.87. The number of hydrogen-bond donors (Lipinski definition) is 3. The van der Waals surface area contributed by atoms with Crippen LogP contribution in [0.5, 0.6) is 5.75 Å². The number of methoxy groups -OCH3 is 1. The Labute approximate surface area is 125 Å². The van der Waals surface area contributed by atoms with Crippen LogP contribution in [0.4, 0.5) is 0 Å². The molecular formula is C16H24N3O2+. The Morgan fingerprint density at radius 2 is 2.19 bits per heavy atom. The minimum Gasteiger partial charge on any atom is -0.496 e. The van der Waals surface area contributed by atoms with Crippen LogP contribution in [0, 0.1) is 0 Å². The van der Waals surface area contributed by atoms with Crippen LogP contribution in [-0.2, 0) is 0 Å². The van der Waals surface area contributed by atoms with Crippen molar-refractivity contribution in [1.29, 1.82) is 0 Å². The van der Waals surface area contributed by atoms with Crippen LogP contribution in [0.1, 0.15) is 30.1 Å². The molecule has 0 radical (unpaired) electrons. The predicted molar refractivity (Wildman–Crippen MR) is 82.2 cm³/mol. The molecule has 0 aromatic heterocycles. The van der Waals surface area contributed by atoms with Crippen LogP contribution in [-0.4, -0.2) is 32.7 Å². The van der Waals surface area contributed by atoms with Gasteiger partial charge in [-0.2, -0.15) is 0 Å². The predicted octanol–water partition coefficient (Wildman–Crippen LogP) is 0.512. The van der Waals surface area contributed by atoms with E-state index in [1.54, 1.807) is 24.1 Å². The third kappa shape index (κ3) is 4.23. The highest BCUT2D eigenvalue weighted by Crippen LogP contribution is 2.16. The summed E-state index contributed by atoms with van der Waals surface area (Å²) in [5.74, 6) is 0.393. The smallest absolute Gasteiger partial charge is 0.273 e. The molecule has 0 fully saturated rings. The molecule has 114 valence electrons. The Kier molecular flexibility index (Phi) is 5.63. The zero-order valence-electron chi connectivity index (χ0n) is 12.7. The molecule has 0 saturated heterocycles. The zero-order chi connectivity index (χ0) is 15.1. The van der Waals surface area contributed by atoms with Gasteiger partial charge < -0.3 is 15.1 Å². The first-order valence-electron chi connectivity index (χ1n) is 7.46. The summed E-state index contributed by atoms with van der Waals surface area (Å²) < 4.78 is 5.19. The van der Waals surface area contributed by atoms with Gasteiger partial charge >= 0.3 is 0 Å². The molecule has 3 N–H and O–H groups in total. The van der Waals surface area contributed by atoms with Crippen molar-refractivity contribution in [3.8, 4) is 5.75 Å². The number of hydrogen-bond acceptors (Lipinski definition) is 3. The fraction of sp³-hybridized carbons (Fsp3) is 0.438. The molecule has 1 aliphatic heterocycles. The SMILES string of the molecule is CCC[NH+]1CC=C(NNC(=O)c2ccccc2OC)CC1. The van der Waals surface area contributed by atoms with Crippen LogP contribution >= 0.6 is 0 Å². The molecule has 5 heteroatoms. The van der Waals surface area contributed by atoms with Gasteiger partial charge in [-0.1, -0.05) is 19.1 Å². The van der Waals surface area contributed by atoms with E-state index >= 15 is 0 Å². The molecule has 2 rings (SSSR count). The minimum atomic E-state index is -0.184. The lowest BCUT2D eigenvalue weighted by Gasteiger charge is -2.23. The Bertz CT molecular complexity index is 514. The van der Waals surface area contributed by atoms with E-state index in [2.05, 4.69) is 23.9 Å². The highest BCUT2D eigenvalue weighted by atomic mass is 16.5. The maximum absolute atomic E-state index is 12.1. The monoisotopic (exact) mass is 290 g/mol. The van der Waals surface area contributed by atoms with E-state index in [1.165, 1.54) is 13.0 Å². The second kappa shape index (κ2) is 7.69. The van der Waals surface area contributed by atoms with Crippen molar-refractivity contribution in [2.45, 2.75) is 19.8 Å². The molecule has 1 atom stereocenters. The quantitative estimate of drug-likeness (QED) is 0.669. The third-order valence-corrected chi connectivity index (χ3v) is 3.68. The number of amides is 1. The minimum absolute atomic E-state index is 0.184. The van der Waals surface area contributed by atoms with Crippen LogP contribution in [0.15, 0.2) is 36.0 Å². The molecule has 1 aromatic rings. The zero-order valence-corrected chi connectivity index (χ0v) is 12.7. The van der Waals surface area contributed by atoms with Crippen LogP contribution in [0.2, 0.25) is 0 Å². The summed E-state index contributed by atoms with van der Waals surface area (Å²) in [6.07, 6.45) is 4.33. The fourth-order valence-corrected chi connectivity index (χ4v) is 2.51. The summed E-state index contributed by atoms with van der Waals surface area (Å²) in [4.78, 5) is 13.7. The molecule has 1 unspecified atom stereocenters. The molecule has 1 heterocycles. The Morgan fingerprint density at radius 3 is 2.86 bits per heavy atom. The van der Waals surface area contributed by atoms with Gasteiger partial charge in [0.25, 0.3) is 5.91 Å². The number of carbonyl (C=O) groups is 1. The highest BCUT2D eigenvalue weighted by Gasteiger charge is 2.15. The largest absolute Gasteiger partial charge is 0.496 e. The molecule has 1 aromatic carbocycles. The fourth-order valence-electron chi connectivity index (χ4n) is 2.51. The number of ether oxygens (including phenoxy) is 1. The molecule has 21 heavy (non-hydrogen) atoms.